The van der Waals surface area contributed by atoms with Gasteiger partial charge in [0.25, 0.3) is 0 Å². The van der Waals surface area contributed by atoms with E-state index in [0.717, 1.165) is 36.3 Å². The third-order valence-corrected chi connectivity index (χ3v) is 5.18. The van der Waals surface area contributed by atoms with Crippen LogP contribution < -0.4 is 16.0 Å². The zero-order chi connectivity index (χ0) is 19.5. The van der Waals surface area contributed by atoms with Crippen LogP contribution in [0.15, 0.2) is 23.2 Å². The van der Waals surface area contributed by atoms with Crippen molar-refractivity contribution in [2.45, 2.75) is 57.4 Å². The van der Waals surface area contributed by atoms with Crippen LogP contribution >= 0.6 is 11.8 Å². The molecular formula is C20H31FN4OS. The summed E-state index contributed by atoms with van der Waals surface area (Å²) in [6.07, 6.45) is 7.04. The quantitative estimate of drug-likeness (QED) is 0.445. The molecule has 1 fully saturated rings. The summed E-state index contributed by atoms with van der Waals surface area (Å²) < 4.78 is 13.5. The van der Waals surface area contributed by atoms with Gasteiger partial charge in [-0.05, 0) is 49.3 Å². The summed E-state index contributed by atoms with van der Waals surface area (Å²) in [5, 5.41) is 9.49. The molecule has 0 unspecified atom stereocenters. The number of benzene rings is 1. The lowest BCUT2D eigenvalue weighted by Crippen LogP contribution is -2.40. The fourth-order valence-corrected chi connectivity index (χ4v) is 3.79. The lowest BCUT2D eigenvalue weighted by molar-refractivity contribution is -0.121. The van der Waals surface area contributed by atoms with Crippen LogP contribution in [-0.2, 0) is 17.1 Å². The maximum absolute atomic E-state index is 13.5. The summed E-state index contributed by atoms with van der Waals surface area (Å²) in [7, 11) is 0. The van der Waals surface area contributed by atoms with E-state index in [1.807, 2.05) is 13.2 Å². The van der Waals surface area contributed by atoms with E-state index >= 15 is 0 Å². The van der Waals surface area contributed by atoms with Crippen molar-refractivity contribution >= 4 is 23.6 Å². The van der Waals surface area contributed by atoms with Crippen LogP contribution in [0.2, 0.25) is 0 Å². The number of nitrogens with zero attached hydrogens (tertiary/aromatic N) is 1. The molecule has 0 spiro atoms. The van der Waals surface area contributed by atoms with Gasteiger partial charge in [-0.15, -0.1) is 0 Å². The first-order valence-corrected chi connectivity index (χ1v) is 11.1. The Morgan fingerprint density at radius 2 is 2.04 bits per heavy atom. The number of aliphatic imine (C=N–C) groups is 1. The highest BCUT2D eigenvalue weighted by atomic mass is 32.2. The molecule has 150 valence electrons. The number of thioether (sulfide) groups is 1. The topological polar surface area (TPSA) is 65.5 Å². The summed E-state index contributed by atoms with van der Waals surface area (Å²) in [6.45, 7) is 3.74. The highest BCUT2D eigenvalue weighted by Crippen LogP contribution is 2.18. The van der Waals surface area contributed by atoms with Gasteiger partial charge in [0.05, 0.1) is 6.54 Å². The summed E-state index contributed by atoms with van der Waals surface area (Å²) in [6, 6.07) is 5.20. The minimum atomic E-state index is -0.218. The Bertz CT molecular complexity index is 632. The Morgan fingerprint density at radius 3 is 2.74 bits per heavy atom. The Kier molecular flexibility index (Phi) is 9.45. The van der Waals surface area contributed by atoms with Gasteiger partial charge in [-0.3, -0.25) is 4.79 Å². The summed E-state index contributed by atoms with van der Waals surface area (Å²) in [5.41, 5.74) is 1.99. The minimum Gasteiger partial charge on any atom is -0.357 e. The predicted molar refractivity (Wildman–Crippen MR) is 111 cm³/mol. The number of nitrogens with one attached hydrogen (secondary N) is 3. The van der Waals surface area contributed by atoms with Crippen LogP contribution in [0.1, 0.15) is 50.2 Å². The fourth-order valence-electron chi connectivity index (χ4n) is 3.21. The van der Waals surface area contributed by atoms with Crippen molar-refractivity contribution in [2.75, 3.05) is 19.3 Å². The average molecular weight is 395 g/mol. The molecule has 5 nitrogen and oxygen atoms in total. The lowest BCUT2D eigenvalue weighted by atomic mass is 10.1. The van der Waals surface area contributed by atoms with Crippen molar-refractivity contribution in [1.29, 1.82) is 0 Å². The first-order valence-electron chi connectivity index (χ1n) is 9.70. The number of carbonyl (C=O) groups is 1. The van der Waals surface area contributed by atoms with Gasteiger partial charge < -0.3 is 16.0 Å². The molecule has 2 rings (SSSR count). The van der Waals surface area contributed by atoms with Crippen LogP contribution in [0.5, 0.6) is 0 Å². The summed E-state index contributed by atoms with van der Waals surface area (Å²) in [4.78, 5) is 16.6. The average Bonchev–Trinajstić information content (AvgIpc) is 3.14. The molecule has 0 aliphatic heterocycles. The van der Waals surface area contributed by atoms with E-state index in [-0.39, 0.29) is 11.7 Å². The van der Waals surface area contributed by atoms with E-state index in [9.17, 15) is 9.18 Å². The second kappa shape index (κ2) is 11.8. The maximum Gasteiger partial charge on any atom is 0.221 e. The first-order chi connectivity index (χ1) is 13.1. The molecule has 1 saturated carbocycles. The van der Waals surface area contributed by atoms with Crippen LogP contribution in [0, 0.1) is 5.82 Å². The number of halogens is 1. The molecule has 1 amide bonds. The smallest absolute Gasteiger partial charge is 0.221 e. The Balaban J connectivity index is 1.85. The number of amides is 1. The van der Waals surface area contributed by atoms with Gasteiger partial charge in [0.2, 0.25) is 5.91 Å². The molecule has 0 atom stereocenters. The van der Waals surface area contributed by atoms with Gasteiger partial charge >= 0.3 is 0 Å². The van der Waals surface area contributed by atoms with Gasteiger partial charge in [0, 0.05) is 31.3 Å². The summed E-state index contributed by atoms with van der Waals surface area (Å²) in [5.74, 6) is 1.30. The van der Waals surface area contributed by atoms with E-state index in [1.54, 1.807) is 23.9 Å². The third-order valence-electron chi connectivity index (χ3n) is 4.58. The predicted octanol–water partition coefficient (Wildman–Crippen LogP) is 3.19. The first kappa shape index (κ1) is 21.5. The van der Waals surface area contributed by atoms with E-state index in [1.165, 1.54) is 18.9 Å². The SMILES string of the molecule is CCNC(=NCc1ccc(F)cc1CSC)NCCC(=O)NC1CCCC1. The largest absolute Gasteiger partial charge is 0.357 e. The highest BCUT2D eigenvalue weighted by Gasteiger charge is 2.16. The standard InChI is InChI=1S/C20H31FN4OS/c1-3-22-20(23-11-10-19(26)25-18-6-4-5-7-18)24-13-15-8-9-17(21)12-16(15)14-27-2/h8-9,12,18H,3-7,10-11,13-14H2,1-2H3,(H,25,26)(H2,22,23,24). The van der Waals surface area contributed by atoms with E-state index < -0.39 is 0 Å². The van der Waals surface area contributed by atoms with Crippen LogP contribution in [0.3, 0.4) is 0 Å². The maximum atomic E-state index is 13.5. The molecule has 0 saturated heterocycles. The highest BCUT2D eigenvalue weighted by molar-refractivity contribution is 7.97. The molecule has 1 aromatic rings. The normalized spacial score (nSPS) is 15.0. The molecule has 0 aromatic heterocycles. The van der Waals surface area contributed by atoms with Gasteiger partial charge in [0.1, 0.15) is 5.82 Å². The van der Waals surface area contributed by atoms with Gasteiger partial charge in [0.15, 0.2) is 5.96 Å². The second-order valence-electron chi connectivity index (χ2n) is 6.77. The number of carbonyl (C=O) groups excluding carboxylic acids is 1. The molecule has 1 aliphatic rings. The van der Waals surface area contributed by atoms with Crippen molar-refractivity contribution in [1.82, 2.24) is 16.0 Å². The number of hydrogen-bond donors (Lipinski definition) is 3. The molecule has 7 heteroatoms. The van der Waals surface area contributed by atoms with Gasteiger partial charge in [-0.1, -0.05) is 18.9 Å². The van der Waals surface area contributed by atoms with Crippen molar-refractivity contribution < 1.29 is 9.18 Å². The Morgan fingerprint density at radius 1 is 1.26 bits per heavy atom. The minimum absolute atomic E-state index is 0.0889. The van der Waals surface area contributed by atoms with Crippen molar-refractivity contribution in [3.8, 4) is 0 Å². The number of rotatable bonds is 9. The third kappa shape index (κ3) is 7.79. The van der Waals surface area contributed by atoms with Gasteiger partial charge in [-0.2, -0.15) is 11.8 Å². The molecule has 1 aliphatic carbocycles. The molecule has 0 heterocycles. The van der Waals surface area contributed by atoms with Crippen LogP contribution in [-0.4, -0.2) is 37.3 Å². The molecule has 27 heavy (non-hydrogen) atoms. The Labute approximate surface area is 166 Å². The number of guanidine groups is 1. The zero-order valence-corrected chi connectivity index (χ0v) is 17.1. The van der Waals surface area contributed by atoms with E-state index in [4.69, 9.17) is 0 Å². The van der Waals surface area contributed by atoms with Crippen molar-refractivity contribution in [3.05, 3.63) is 35.1 Å². The molecule has 1 aromatic carbocycles. The Hall–Kier alpha value is -1.76. The van der Waals surface area contributed by atoms with E-state index in [2.05, 4.69) is 20.9 Å². The molecule has 3 N–H and O–H groups in total. The molecule has 0 radical (unpaired) electrons. The van der Waals surface area contributed by atoms with Gasteiger partial charge in [-0.25, -0.2) is 9.38 Å². The van der Waals surface area contributed by atoms with Crippen LogP contribution in [0.4, 0.5) is 4.39 Å². The van der Waals surface area contributed by atoms with Crippen molar-refractivity contribution in [2.24, 2.45) is 4.99 Å². The fraction of sp³-hybridized carbons (Fsp3) is 0.600. The summed E-state index contributed by atoms with van der Waals surface area (Å²) >= 11 is 1.66. The molecule has 0 bridgehead atoms. The monoisotopic (exact) mass is 394 g/mol. The number of hydrogen-bond acceptors (Lipinski definition) is 3. The molecular weight excluding hydrogens is 363 g/mol. The van der Waals surface area contributed by atoms with E-state index in [0.29, 0.717) is 31.5 Å². The lowest BCUT2D eigenvalue weighted by Gasteiger charge is -2.14. The second-order valence-corrected chi connectivity index (χ2v) is 7.63. The van der Waals surface area contributed by atoms with Crippen LogP contribution in [0.25, 0.3) is 0 Å². The van der Waals surface area contributed by atoms with Crippen molar-refractivity contribution in [3.63, 3.8) is 0 Å². The zero-order valence-electron chi connectivity index (χ0n) is 16.3.